The van der Waals surface area contributed by atoms with Gasteiger partial charge in [-0.05, 0) is 30.3 Å². The summed E-state index contributed by atoms with van der Waals surface area (Å²) >= 11 is 0. The molecular weight excluding hydrogens is 280 g/mol. The van der Waals surface area contributed by atoms with Crippen molar-refractivity contribution in [1.82, 2.24) is 15.2 Å². The quantitative estimate of drug-likeness (QED) is 0.800. The number of carbonyl (C=O) groups excluding carboxylic acids is 1. The van der Waals surface area contributed by atoms with Crippen LogP contribution in [0.3, 0.4) is 0 Å². The van der Waals surface area contributed by atoms with Gasteiger partial charge in [-0.1, -0.05) is 18.2 Å². The summed E-state index contributed by atoms with van der Waals surface area (Å²) in [5, 5.41) is 10.5. The predicted octanol–water partition coefficient (Wildman–Crippen LogP) is 2.92. The molecule has 0 bridgehead atoms. The lowest BCUT2D eigenvalue weighted by Gasteiger charge is -2.05. The molecule has 1 N–H and O–H groups in total. The van der Waals surface area contributed by atoms with Gasteiger partial charge in [0.25, 0.3) is 5.91 Å². The maximum Gasteiger partial charge on any atom is 0.276 e. The van der Waals surface area contributed by atoms with E-state index < -0.39 is 0 Å². The molecule has 3 aromatic rings. The first-order valence-electron chi connectivity index (χ1n) is 6.59. The van der Waals surface area contributed by atoms with E-state index in [1.165, 1.54) is 0 Å². The molecule has 22 heavy (non-hydrogen) atoms. The number of nitrogens with zero attached hydrogens (tertiary/aromatic N) is 3. The highest BCUT2D eigenvalue weighted by Gasteiger charge is 2.09. The molecule has 0 atom stereocenters. The van der Waals surface area contributed by atoms with Crippen LogP contribution < -0.4 is 10.1 Å². The minimum Gasteiger partial charge on any atom is -0.436 e. The van der Waals surface area contributed by atoms with Crippen LogP contribution in [0.2, 0.25) is 0 Å². The van der Waals surface area contributed by atoms with Gasteiger partial charge in [0, 0.05) is 18.0 Å². The van der Waals surface area contributed by atoms with Gasteiger partial charge >= 0.3 is 0 Å². The number of ether oxygens (including phenoxy) is 1. The molecule has 0 unspecified atom stereocenters. The van der Waals surface area contributed by atoms with E-state index in [1.807, 2.05) is 18.2 Å². The summed E-state index contributed by atoms with van der Waals surface area (Å²) in [4.78, 5) is 16.0. The fourth-order valence-corrected chi connectivity index (χ4v) is 1.74. The van der Waals surface area contributed by atoms with Crippen LogP contribution in [0.25, 0.3) is 0 Å². The fraction of sp³-hybridized carbons (Fsp3) is 0. The molecule has 0 spiro atoms. The number of hydrogen-bond acceptors (Lipinski definition) is 5. The van der Waals surface area contributed by atoms with Crippen LogP contribution in [0.5, 0.6) is 11.6 Å². The summed E-state index contributed by atoms with van der Waals surface area (Å²) in [6.07, 6.45) is 3.22. The number of para-hydroxylation sites is 1. The van der Waals surface area contributed by atoms with Crippen LogP contribution >= 0.6 is 0 Å². The third kappa shape index (κ3) is 3.43. The lowest BCUT2D eigenvalue weighted by atomic mass is 10.3. The average Bonchev–Trinajstić information content (AvgIpc) is 2.57. The SMILES string of the molecule is O=C(Nc1ccccc1)c1ccc(Oc2cccnc2)nn1. The Kier molecular flexibility index (Phi) is 4.01. The second-order valence-corrected chi connectivity index (χ2v) is 4.37. The van der Waals surface area contributed by atoms with Crippen LogP contribution in [0.4, 0.5) is 5.69 Å². The predicted molar refractivity (Wildman–Crippen MR) is 80.7 cm³/mol. The van der Waals surface area contributed by atoms with Gasteiger partial charge in [-0.2, -0.15) is 0 Å². The lowest BCUT2D eigenvalue weighted by Crippen LogP contribution is -2.14. The summed E-state index contributed by atoms with van der Waals surface area (Å²) in [5.74, 6) is 0.522. The van der Waals surface area contributed by atoms with Crippen molar-refractivity contribution in [3.8, 4) is 11.6 Å². The standard InChI is InChI=1S/C16H12N4O2/c21-16(18-12-5-2-1-3-6-12)14-8-9-15(20-19-14)22-13-7-4-10-17-11-13/h1-11H,(H,18,21). The van der Waals surface area contributed by atoms with Gasteiger partial charge in [-0.3, -0.25) is 9.78 Å². The zero-order valence-electron chi connectivity index (χ0n) is 11.5. The first-order chi connectivity index (χ1) is 10.8. The maximum absolute atomic E-state index is 12.0. The van der Waals surface area contributed by atoms with Gasteiger partial charge in [0.2, 0.25) is 5.88 Å². The first-order valence-corrected chi connectivity index (χ1v) is 6.59. The van der Waals surface area contributed by atoms with Crippen molar-refractivity contribution in [1.29, 1.82) is 0 Å². The maximum atomic E-state index is 12.0. The molecule has 3 rings (SSSR count). The number of pyridine rings is 1. The Hall–Kier alpha value is -3.28. The lowest BCUT2D eigenvalue weighted by molar-refractivity contribution is 0.102. The molecule has 2 heterocycles. The molecule has 6 heteroatoms. The van der Waals surface area contributed by atoms with Crippen LogP contribution in [0, 0.1) is 0 Å². The average molecular weight is 292 g/mol. The van der Waals surface area contributed by atoms with Gasteiger partial charge in [-0.25, -0.2) is 0 Å². The van der Waals surface area contributed by atoms with E-state index in [2.05, 4.69) is 20.5 Å². The Labute approximate surface area is 126 Å². The van der Waals surface area contributed by atoms with Crippen LogP contribution in [-0.4, -0.2) is 21.1 Å². The normalized spacial score (nSPS) is 10.0. The van der Waals surface area contributed by atoms with E-state index in [-0.39, 0.29) is 11.6 Å². The molecule has 2 aromatic heterocycles. The minimum absolute atomic E-state index is 0.211. The molecule has 0 aliphatic rings. The Morgan fingerprint density at radius 2 is 1.82 bits per heavy atom. The smallest absolute Gasteiger partial charge is 0.276 e. The first kappa shape index (κ1) is 13.7. The second kappa shape index (κ2) is 6.45. The van der Waals surface area contributed by atoms with Crippen LogP contribution in [0.15, 0.2) is 67.0 Å². The van der Waals surface area contributed by atoms with Crippen molar-refractivity contribution in [3.05, 3.63) is 72.7 Å². The molecule has 1 amide bonds. The highest BCUT2D eigenvalue weighted by Crippen LogP contribution is 2.17. The highest BCUT2D eigenvalue weighted by molar-refractivity contribution is 6.02. The molecule has 0 aliphatic carbocycles. The fourth-order valence-electron chi connectivity index (χ4n) is 1.74. The molecule has 0 saturated heterocycles. The van der Waals surface area contributed by atoms with Gasteiger partial charge < -0.3 is 10.1 Å². The molecule has 0 aliphatic heterocycles. The van der Waals surface area contributed by atoms with E-state index >= 15 is 0 Å². The zero-order chi connectivity index (χ0) is 15.2. The summed E-state index contributed by atoms with van der Waals surface area (Å²) in [6, 6.07) is 15.8. The zero-order valence-corrected chi connectivity index (χ0v) is 11.5. The van der Waals surface area contributed by atoms with Crippen LogP contribution in [-0.2, 0) is 0 Å². The number of nitrogens with one attached hydrogen (secondary N) is 1. The van der Waals surface area contributed by atoms with E-state index in [1.54, 1.807) is 48.8 Å². The number of benzene rings is 1. The third-order valence-electron chi connectivity index (χ3n) is 2.76. The Morgan fingerprint density at radius 1 is 0.955 bits per heavy atom. The van der Waals surface area contributed by atoms with Gasteiger partial charge in [-0.15, -0.1) is 10.2 Å². The minimum atomic E-state index is -0.327. The summed E-state index contributed by atoms with van der Waals surface area (Å²) in [7, 11) is 0. The van der Waals surface area contributed by atoms with Gasteiger partial charge in [0.15, 0.2) is 5.69 Å². The number of hydrogen-bond donors (Lipinski definition) is 1. The van der Waals surface area contributed by atoms with Gasteiger partial charge in [0.05, 0.1) is 6.20 Å². The van der Waals surface area contributed by atoms with Crippen molar-refractivity contribution in [2.75, 3.05) is 5.32 Å². The molecule has 0 radical (unpaired) electrons. The second-order valence-electron chi connectivity index (χ2n) is 4.37. The Balaban J connectivity index is 1.67. The van der Waals surface area contributed by atoms with Crippen LogP contribution in [0.1, 0.15) is 10.5 Å². The molecule has 0 saturated carbocycles. The molecule has 1 aromatic carbocycles. The van der Waals surface area contributed by atoms with Crippen molar-refractivity contribution in [3.63, 3.8) is 0 Å². The highest BCUT2D eigenvalue weighted by atomic mass is 16.5. The van der Waals surface area contributed by atoms with Crippen molar-refractivity contribution in [2.45, 2.75) is 0 Å². The van der Waals surface area contributed by atoms with E-state index in [9.17, 15) is 4.79 Å². The summed E-state index contributed by atoms with van der Waals surface area (Å²) in [6.45, 7) is 0. The number of aromatic nitrogens is 3. The van der Waals surface area contributed by atoms with Crippen molar-refractivity contribution < 1.29 is 9.53 Å². The van der Waals surface area contributed by atoms with Crippen molar-refractivity contribution >= 4 is 11.6 Å². The Bertz CT molecular complexity index is 746. The van der Waals surface area contributed by atoms with E-state index in [4.69, 9.17) is 4.74 Å². The molecule has 6 nitrogen and oxygen atoms in total. The van der Waals surface area contributed by atoms with E-state index in [0.29, 0.717) is 17.3 Å². The number of carbonyl (C=O) groups is 1. The molecule has 0 fully saturated rings. The molecular formula is C16H12N4O2. The largest absolute Gasteiger partial charge is 0.436 e. The monoisotopic (exact) mass is 292 g/mol. The third-order valence-corrected chi connectivity index (χ3v) is 2.76. The molecule has 108 valence electrons. The Morgan fingerprint density at radius 3 is 2.50 bits per heavy atom. The summed E-state index contributed by atoms with van der Waals surface area (Å²) < 4.78 is 5.46. The topological polar surface area (TPSA) is 77.0 Å². The number of amides is 1. The number of anilines is 1. The number of rotatable bonds is 4. The van der Waals surface area contributed by atoms with Crippen molar-refractivity contribution in [2.24, 2.45) is 0 Å². The van der Waals surface area contributed by atoms with E-state index in [0.717, 1.165) is 0 Å². The van der Waals surface area contributed by atoms with Gasteiger partial charge in [0.1, 0.15) is 5.75 Å². The summed E-state index contributed by atoms with van der Waals surface area (Å²) in [5.41, 5.74) is 0.910.